The minimum absolute atomic E-state index is 0.501. The monoisotopic (exact) mass is 408 g/mol. The summed E-state index contributed by atoms with van der Waals surface area (Å²) in [4.78, 5) is 15.4. The van der Waals surface area contributed by atoms with Gasteiger partial charge in [-0.2, -0.15) is 5.26 Å². The molecule has 4 aromatic rings. The lowest BCUT2D eigenvalue weighted by atomic mass is 10.1. The normalized spacial score (nSPS) is 13.7. The van der Waals surface area contributed by atoms with Gasteiger partial charge in [0.25, 0.3) is 0 Å². The van der Waals surface area contributed by atoms with Gasteiger partial charge in [-0.1, -0.05) is 6.07 Å². The van der Waals surface area contributed by atoms with Crippen molar-refractivity contribution in [1.29, 1.82) is 5.26 Å². The Hall–Kier alpha value is -4.02. The van der Waals surface area contributed by atoms with Gasteiger partial charge in [-0.05, 0) is 47.9 Å². The Balaban J connectivity index is 1.45. The minimum Gasteiger partial charge on any atom is -0.378 e. The number of nitrogens with one attached hydrogen (secondary N) is 1. The maximum atomic E-state index is 9.52. The Bertz CT molecular complexity index is 1280. The molecule has 1 fully saturated rings. The Morgan fingerprint density at radius 1 is 0.968 bits per heavy atom. The van der Waals surface area contributed by atoms with E-state index in [1.807, 2.05) is 48.7 Å². The van der Waals surface area contributed by atoms with Crippen molar-refractivity contribution < 1.29 is 4.74 Å². The third-order valence-corrected chi connectivity index (χ3v) is 5.27. The summed E-state index contributed by atoms with van der Waals surface area (Å²) in [5.41, 5.74) is 4.16. The van der Waals surface area contributed by atoms with Crippen LogP contribution in [-0.2, 0) is 4.74 Å². The van der Waals surface area contributed by atoms with Crippen LogP contribution in [0.15, 0.2) is 67.1 Å². The first kappa shape index (κ1) is 19.0. The third-order valence-electron chi connectivity index (χ3n) is 5.27. The van der Waals surface area contributed by atoms with Crippen molar-refractivity contribution in [3.63, 3.8) is 0 Å². The van der Waals surface area contributed by atoms with Gasteiger partial charge in [-0.3, -0.25) is 4.98 Å². The van der Waals surface area contributed by atoms with Gasteiger partial charge in [-0.25, -0.2) is 9.97 Å². The zero-order chi connectivity index (χ0) is 21.0. The third kappa shape index (κ3) is 4.15. The highest BCUT2D eigenvalue weighted by Crippen LogP contribution is 2.27. The van der Waals surface area contributed by atoms with E-state index in [4.69, 9.17) is 9.72 Å². The fraction of sp³-hybridized carbons (Fsp3) is 0.167. The van der Waals surface area contributed by atoms with Gasteiger partial charge >= 0.3 is 0 Å². The molecule has 0 spiro atoms. The number of rotatable bonds is 4. The Kier molecular flexibility index (Phi) is 5.13. The summed E-state index contributed by atoms with van der Waals surface area (Å²) >= 11 is 0. The molecule has 0 aliphatic carbocycles. The number of aromatic nitrogens is 3. The predicted octanol–water partition coefficient (Wildman–Crippen LogP) is 4.14. The zero-order valence-corrected chi connectivity index (χ0v) is 16.8. The quantitative estimate of drug-likeness (QED) is 0.543. The summed E-state index contributed by atoms with van der Waals surface area (Å²) < 4.78 is 5.45. The molecule has 0 radical (unpaired) electrons. The number of hydrogen-bond donors (Lipinski definition) is 1. The van der Waals surface area contributed by atoms with Gasteiger partial charge in [0.05, 0.1) is 30.5 Å². The van der Waals surface area contributed by atoms with Crippen LogP contribution >= 0.6 is 0 Å². The van der Waals surface area contributed by atoms with Crippen molar-refractivity contribution in [2.45, 2.75) is 0 Å². The predicted molar refractivity (Wildman–Crippen MR) is 120 cm³/mol. The Morgan fingerprint density at radius 2 is 1.87 bits per heavy atom. The highest BCUT2D eigenvalue weighted by Gasteiger charge is 2.14. The fourth-order valence-electron chi connectivity index (χ4n) is 3.70. The van der Waals surface area contributed by atoms with E-state index in [1.54, 1.807) is 12.4 Å². The molecule has 1 saturated heterocycles. The van der Waals surface area contributed by atoms with Crippen LogP contribution in [0.4, 0.5) is 17.3 Å². The molecule has 0 saturated carbocycles. The number of nitriles is 1. The van der Waals surface area contributed by atoms with Crippen LogP contribution in [0.1, 0.15) is 5.56 Å². The number of pyridine rings is 1. The van der Waals surface area contributed by atoms with E-state index >= 15 is 0 Å². The number of morpholine rings is 1. The SMILES string of the molecule is N#Cc1cc(-c2ccnc(Nc3ccc4cnccc4c3)n2)cc(N2CCOCC2)c1. The molecule has 0 atom stereocenters. The number of benzene rings is 2. The zero-order valence-electron chi connectivity index (χ0n) is 16.8. The second-order valence-electron chi connectivity index (χ2n) is 7.31. The summed E-state index contributed by atoms with van der Waals surface area (Å²) in [6.07, 6.45) is 5.34. The lowest BCUT2D eigenvalue weighted by Crippen LogP contribution is -2.36. The second kappa shape index (κ2) is 8.38. The number of hydrogen-bond acceptors (Lipinski definition) is 7. The van der Waals surface area contributed by atoms with E-state index in [2.05, 4.69) is 32.3 Å². The van der Waals surface area contributed by atoms with Crippen LogP contribution in [0.25, 0.3) is 22.0 Å². The van der Waals surface area contributed by atoms with Gasteiger partial charge in [0.15, 0.2) is 0 Å². The molecule has 1 aliphatic heterocycles. The number of fused-ring (bicyclic) bond motifs is 1. The van der Waals surface area contributed by atoms with E-state index in [-0.39, 0.29) is 0 Å². The first-order chi connectivity index (χ1) is 15.3. The van der Waals surface area contributed by atoms with E-state index in [9.17, 15) is 5.26 Å². The first-order valence-electron chi connectivity index (χ1n) is 10.1. The van der Waals surface area contributed by atoms with Crippen LogP contribution < -0.4 is 10.2 Å². The van der Waals surface area contributed by atoms with Gasteiger partial charge in [0.1, 0.15) is 0 Å². The largest absolute Gasteiger partial charge is 0.378 e. The molecular weight excluding hydrogens is 388 g/mol. The van der Waals surface area contributed by atoms with Crippen LogP contribution in [0, 0.1) is 11.3 Å². The highest BCUT2D eigenvalue weighted by molar-refractivity contribution is 5.85. The molecule has 7 heteroatoms. The van der Waals surface area contributed by atoms with Crippen molar-refractivity contribution in [3.8, 4) is 17.3 Å². The van der Waals surface area contributed by atoms with Crippen LogP contribution in [0.2, 0.25) is 0 Å². The smallest absolute Gasteiger partial charge is 0.227 e. The van der Waals surface area contributed by atoms with E-state index < -0.39 is 0 Å². The van der Waals surface area contributed by atoms with Gasteiger partial charge in [0.2, 0.25) is 5.95 Å². The average molecular weight is 408 g/mol. The summed E-state index contributed by atoms with van der Waals surface area (Å²) in [7, 11) is 0. The molecule has 0 bridgehead atoms. The standard InChI is InChI=1S/C24H20N6O/c25-15-17-11-20(14-22(12-17)30-7-9-31-10-8-30)23-4-6-27-24(29-23)28-21-2-1-19-16-26-5-3-18(19)13-21/h1-6,11-14,16H,7-10H2,(H,27,28,29). The molecule has 3 heterocycles. The average Bonchev–Trinajstić information content (AvgIpc) is 2.84. The topological polar surface area (TPSA) is 87.0 Å². The molecule has 31 heavy (non-hydrogen) atoms. The van der Waals surface area contributed by atoms with Crippen LogP contribution in [0.3, 0.4) is 0 Å². The molecule has 5 rings (SSSR count). The van der Waals surface area contributed by atoms with Crippen molar-refractivity contribution in [2.24, 2.45) is 0 Å². The van der Waals surface area contributed by atoms with Crippen LogP contribution in [-0.4, -0.2) is 41.3 Å². The molecule has 7 nitrogen and oxygen atoms in total. The summed E-state index contributed by atoms with van der Waals surface area (Å²) in [5, 5.41) is 15.0. The van der Waals surface area contributed by atoms with Gasteiger partial charge in [0, 0.05) is 54.0 Å². The maximum absolute atomic E-state index is 9.52. The molecule has 0 amide bonds. The lowest BCUT2D eigenvalue weighted by molar-refractivity contribution is 0.122. The summed E-state index contributed by atoms with van der Waals surface area (Å²) in [6, 6.07) is 18.0. The molecular formula is C24H20N6O. The van der Waals surface area contributed by atoms with Crippen LogP contribution in [0.5, 0.6) is 0 Å². The van der Waals surface area contributed by atoms with E-state index in [0.717, 1.165) is 46.5 Å². The minimum atomic E-state index is 0.501. The Morgan fingerprint density at radius 3 is 2.74 bits per heavy atom. The Labute approximate surface area is 180 Å². The molecule has 2 aromatic heterocycles. The van der Waals surface area contributed by atoms with E-state index in [0.29, 0.717) is 24.7 Å². The molecule has 152 valence electrons. The first-order valence-corrected chi connectivity index (χ1v) is 10.1. The summed E-state index contributed by atoms with van der Waals surface area (Å²) in [5.74, 6) is 0.501. The molecule has 0 unspecified atom stereocenters. The number of anilines is 3. The lowest BCUT2D eigenvalue weighted by Gasteiger charge is -2.29. The van der Waals surface area contributed by atoms with Gasteiger partial charge in [-0.15, -0.1) is 0 Å². The van der Waals surface area contributed by atoms with E-state index in [1.165, 1.54) is 0 Å². The highest BCUT2D eigenvalue weighted by atomic mass is 16.5. The molecule has 1 N–H and O–H groups in total. The van der Waals surface area contributed by atoms with Crippen molar-refractivity contribution in [2.75, 3.05) is 36.5 Å². The maximum Gasteiger partial charge on any atom is 0.227 e. The van der Waals surface area contributed by atoms with Crippen molar-refractivity contribution in [3.05, 3.63) is 72.7 Å². The number of ether oxygens (including phenoxy) is 1. The van der Waals surface area contributed by atoms with Gasteiger partial charge < -0.3 is 15.0 Å². The van der Waals surface area contributed by atoms with Crippen molar-refractivity contribution in [1.82, 2.24) is 15.0 Å². The molecule has 1 aliphatic rings. The fourth-order valence-corrected chi connectivity index (χ4v) is 3.70. The second-order valence-corrected chi connectivity index (χ2v) is 7.31. The van der Waals surface area contributed by atoms with Crippen molar-refractivity contribution >= 4 is 28.1 Å². The molecule has 2 aromatic carbocycles. The number of nitrogens with zero attached hydrogens (tertiary/aromatic N) is 5. The summed E-state index contributed by atoms with van der Waals surface area (Å²) in [6.45, 7) is 3.00.